The summed E-state index contributed by atoms with van der Waals surface area (Å²) >= 11 is 1.74. The summed E-state index contributed by atoms with van der Waals surface area (Å²) in [5, 5.41) is 10.3. The quantitative estimate of drug-likeness (QED) is 0.768. The topological polar surface area (TPSA) is 66.6 Å². The van der Waals surface area contributed by atoms with Crippen molar-refractivity contribution in [1.82, 2.24) is 9.88 Å². The highest BCUT2D eigenvalue weighted by Gasteiger charge is 2.29. The third kappa shape index (κ3) is 2.72. The van der Waals surface area contributed by atoms with E-state index in [4.69, 9.17) is 14.5 Å². The number of thiazole rings is 1. The lowest BCUT2D eigenvalue weighted by Crippen LogP contribution is -2.22. The number of nitrogens with zero attached hydrogens (tertiary/aromatic N) is 2. The summed E-state index contributed by atoms with van der Waals surface area (Å²) < 4.78 is 6.73. The molecule has 5 nitrogen and oxygen atoms in total. The third-order valence-corrected chi connectivity index (χ3v) is 5.62. The predicted molar refractivity (Wildman–Crippen MR) is 92.4 cm³/mol. The first-order chi connectivity index (χ1) is 11.6. The van der Waals surface area contributed by atoms with Gasteiger partial charge in [-0.2, -0.15) is 0 Å². The molecular formula is C18H18N2O3S. The maximum Gasteiger partial charge on any atom is 0.372 e. The zero-order chi connectivity index (χ0) is 16.7. The first-order valence-corrected chi connectivity index (χ1v) is 8.85. The van der Waals surface area contributed by atoms with Gasteiger partial charge in [0.1, 0.15) is 10.8 Å². The molecule has 1 aliphatic rings. The molecule has 0 amide bonds. The molecule has 1 aromatic carbocycles. The smallest absolute Gasteiger partial charge is 0.372 e. The number of likely N-dealkylation sites (tertiary alicyclic amines) is 1. The SMILES string of the molecule is Cc1cc(CN2CCC[C@H]2c2nc3ccccc3s2)oc1C(=O)O. The highest BCUT2D eigenvalue weighted by molar-refractivity contribution is 7.18. The number of hydrogen-bond acceptors (Lipinski definition) is 5. The monoisotopic (exact) mass is 342 g/mol. The second-order valence-corrected chi connectivity index (χ2v) is 7.24. The number of carboxylic acid groups (broad SMARTS) is 1. The van der Waals surface area contributed by atoms with Crippen LogP contribution in [0.4, 0.5) is 0 Å². The molecule has 1 fully saturated rings. The number of carboxylic acids is 1. The first kappa shape index (κ1) is 15.4. The molecule has 1 saturated heterocycles. The van der Waals surface area contributed by atoms with Crippen LogP contribution in [0.15, 0.2) is 34.7 Å². The van der Waals surface area contributed by atoms with E-state index < -0.39 is 5.97 Å². The molecule has 0 unspecified atom stereocenters. The summed E-state index contributed by atoms with van der Waals surface area (Å²) in [6.45, 7) is 3.36. The lowest BCUT2D eigenvalue weighted by atomic mass is 10.2. The average Bonchev–Trinajstić information content (AvgIpc) is 3.25. The van der Waals surface area contributed by atoms with Crippen LogP contribution in [0.25, 0.3) is 10.2 Å². The minimum atomic E-state index is -1.01. The Morgan fingerprint density at radius 3 is 3.04 bits per heavy atom. The van der Waals surface area contributed by atoms with Crippen LogP contribution in [-0.4, -0.2) is 27.5 Å². The highest BCUT2D eigenvalue weighted by Crippen LogP contribution is 2.37. The molecule has 0 spiro atoms. The van der Waals surface area contributed by atoms with Crippen molar-refractivity contribution in [2.75, 3.05) is 6.54 Å². The van der Waals surface area contributed by atoms with Gasteiger partial charge >= 0.3 is 5.97 Å². The Balaban J connectivity index is 1.58. The van der Waals surface area contributed by atoms with Crippen molar-refractivity contribution < 1.29 is 14.3 Å². The van der Waals surface area contributed by atoms with E-state index in [1.807, 2.05) is 24.3 Å². The van der Waals surface area contributed by atoms with Crippen molar-refractivity contribution in [2.24, 2.45) is 0 Å². The standard InChI is InChI=1S/C18H18N2O3S/c1-11-9-12(23-16(11)18(21)22)10-20-8-4-6-14(20)17-19-13-5-2-3-7-15(13)24-17/h2-3,5,7,9,14H,4,6,8,10H2,1H3,(H,21,22)/t14-/m0/s1. The number of aryl methyl sites for hydroxylation is 1. The number of hydrogen-bond donors (Lipinski definition) is 1. The fourth-order valence-electron chi connectivity index (χ4n) is 3.37. The van der Waals surface area contributed by atoms with E-state index in [0.29, 0.717) is 17.9 Å². The van der Waals surface area contributed by atoms with Gasteiger partial charge in [0.15, 0.2) is 0 Å². The van der Waals surface area contributed by atoms with Gasteiger partial charge in [0.05, 0.1) is 22.8 Å². The Hall–Kier alpha value is -2.18. The molecule has 0 bridgehead atoms. The Morgan fingerprint density at radius 2 is 2.29 bits per heavy atom. The van der Waals surface area contributed by atoms with Crippen molar-refractivity contribution in [1.29, 1.82) is 0 Å². The predicted octanol–water partition coefficient (Wildman–Crippen LogP) is 4.23. The van der Waals surface area contributed by atoms with Gasteiger partial charge in [0.2, 0.25) is 5.76 Å². The molecule has 2 aromatic heterocycles. The van der Waals surface area contributed by atoms with Gasteiger partial charge in [-0.1, -0.05) is 12.1 Å². The summed E-state index contributed by atoms with van der Waals surface area (Å²) in [5.74, 6) is -0.262. The molecule has 24 heavy (non-hydrogen) atoms. The van der Waals surface area contributed by atoms with Crippen molar-refractivity contribution in [2.45, 2.75) is 32.4 Å². The van der Waals surface area contributed by atoms with Gasteiger partial charge in [-0.05, 0) is 44.5 Å². The highest BCUT2D eigenvalue weighted by atomic mass is 32.1. The molecule has 1 atom stereocenters. The van der Waals surface area contributed by atoms with E-state index in [0.717, 1.165) is 29.9 Å². The van der Waals surface area contributed by atoms with Crippen LogP contribution in [-0.2, 0) is 6.54 Å². The number of benzene rings is 1. The van der Waals surface area contributed by atoms with Crippen LogP contribution in [0.5, 0.6) is 0 Å². The molecule has 3 heterocycles. The molecule has 4 rings (SSSR count). The Kier molecular flexibility index (Phi) is 3.86. The van der Waals surface area contributed by atoms with Crippen molar-refractivity contribution >= 4 is 27.5 Å². The molecule has 124 valence electrons. The lowest BCUT2D eigenvalue weighted by Gasteiger charge is -2.21. The molecular weight excluding hydrogens is 324 g/mol. The summed E-state index contributed by atoms with van der Waals surface area (Å²) in [4.78, 5) is 18.3. The largest absolute Gasteiger partial charge is 0.475 e. The van der Waals surface area contributed by atoms with E-state index >= 15 is 0 Å². The Bertz CT molecular complexity index is 866. The van der Waals surface area contributed by atoms with E-state index in [9.17, 15) is 4.79 Å². The molecule has 0 aliphatic carbocycles. The molecule has 0 saturated carbocycles. The Morgan fingerprint density at radius 1 is 1.46 bits per heavy atom. The number of fused-ring (bicyclic) bond motifs is 1. The number of carbonyl (C=O) groups is 1. The number of aromatic nitrogens is 1. The Labute approximate surface area is 143 Å². The minimum absolute atomic E-state index is 0.0423. The van der Waals surface area contributed by atoms with Gasteiger partial charge in [-0.15, -0.1) is 11.3 Å². The van der Waals surface area contributed by atoms with E-state index in [1.165, 1.54) is 4.70 Å². The van der Waals surface area contributed by atoms with Crippen molar-refractivity contribution in [3.8, 4) is 0 Å². The second-order valence-electron chi connectivity index (χ2n) is 6.18. The fourth-order valence-corrected chi connectivity index (χ4v) is 4.50. The summed E-state index contributed by atoms with van der Waals surface area (Å²) in [5.41, 5.74) is 1.72. The summed E-state index contributed by atoms with van der Waals surface area (Å²) in [7, 11) is 0. The summed E-state index contributed by atoms with van der Waals surface area (Å²) in [6.07, 6.45) is 2.19. The molecule has 6 heteroatoms. The van der Waals surface area contributed by atoms with Crippen molar-refractivity contribution in [3.63, 3.8) is 0 Å². The van der Waals surface area contributed by atoms with Crippen LogP contribution in [0.1, 0.15) is 45.8 Å². The van der Waals surface area contributed by atoms with Gasteiger partial charge < -0.3 is 9.52 Å². The zero-order valence-corrected chi connectivity index (χ0v) is 14.2. The van der Waals surface area contributed by atoms with Crippen molar-refractivity contribution in [3.05, 3.63) is 52.4 Å². The van der Waals surface area contributed by atoms with E-state index in [-0.39, 0.29) is 11.8 Å². The van der Waals surface area contributed by atoms with Crippen LogP contribution in [0, 0.1) is 6.92 Å². The minimum Gasteiger partial charge on any atom is -0.475 e. The summed E-state index contributed by atoms with van der Waals surface area (Å²) in [6, 6.07) is 10.3. The molecule has 1 N–H and O–H groups in total. The number of furan rings is 1. The maximum atomic E-state index is 11.1. The number of rotatable bonds is 4. The fraction of sp³-hybridized carbons (Fsp3) is 0.333. The third-order valence-electron chi connectivity index (χ3n) is 4.48. The van der Waals surface area contributed by atoms with E-state index in [2.05, 4.69) is 11.0 Å². The second kappa shape index (κ2) is 6.03. The normalized spacial score (nSPS) is 18.5. The van der Waals surface area contributed by atoms with E-state index in [1.54, 1.807) is 18.3 Å². The average molecular weight is 342 g/mol. The number of para-hydroxylation sites is 1. The van der Waals surface area contributed by atoms with Crippen LogP contribution in [0.3, 0.4) is 0 Å². The number of aromatic carboxylic acids is 1. The van der Waals surface area contributed by atoms with Gasteiger partial charge in [-0.3, -0.25) is 4.90 Å². The first-order valence-electron chi connectivity index (χ1n) is 8.04. The molecule has 0 radical (unpaired) electrons. The molecule has 1 aliphatic heterocycles. The van der Waals surface area contributed by atoms with Crippen LogP contribution < -0.4 is 0 Å². The van der Waals surface area contributed by atoms with Crippen LogP contribution in [0.2, 0.25) is 0 Å². The van der Waals surface area contributed by atoms with Gasteiger partial charge in [0.25, 0.3) is 0 Å². The molecule has 3 aromatic rings. The van der Waals surface area contributed by atoms with Crippen LogP contribution >= 0.6 is 11.3 Å². The maximum absolute atomic E-state index is 11.1. The zero-order valence-electron chi connectivity index (χ0n) is 13.4. The lowest BCUT2D eigenvalue weighted by molar-refractivity contribution is 0.0657. The van der Waals surface area contributed by atoms with Gasteiger partial charge in [0, 0.05) is 5.56 Å². The van der Waals surface area contributed by atoms with Gasteiger partial charge in [-0.25, -0.2) is 9.78 Å².